The number of likely N-dealkylation sites (tertiary alicyclic amines) is 1. The largest absolute Gasteiger partial charge is 0.462 e. The van der Waals surface area contributed by atoms with E-state index in [2.05, 4.69) is 16.8 Å². The Morgan fingerprint density at radius 3 is 2.63 bits per heavy atom. The Balaban J connectivity index is 1.63. The Kier molecular flexibility index (Phi) is 8.57. The van der Waals surface area contributed by atoms with Crippen LogP contribution in [0.4, 0.5) is 4.79 Å². The van der Waals surface area contributed by atoms with Gasteiger partial charge in [-0.15, -0.1) is 11.3 Å². The minimum Gasteiger partial charge on any atom is -0.462 e. The number of thiazole rings is 1. The quantitative estimate of drug-likeness (QED) is 0.196. The van der Waals surface area contributed by atoms with Gasteiger partial charge < -0.3 is 23.8 Å². The summed E-state index contributed by atoms with van der Waals surface area (Å²) in [6.07, 6.45) is 3.02. The van der Waals surface area contributed by atoms with E-state index in [0.29, 0.717) is 24.4 Å². The predicted octanol–water partition coefficient (Wildman–Crippen LogP) is 3.90. The average Bonchev–Trinajstić information content (AvgIpc) is 3.39. The van der Waals surface area contributed by atoms with Crippen LogP contribution in [0.25, 0.3) is 0 Å². The molecule has 2 aliphatic heterocycles. The molecule has 0 saturated carbocycles. The zero-order valence-electron chi connectivity index (χ0n) is 20.6. The number of ether oxygens (including phenoxy) is 4. The Morgan fingerprint density at radius 1 is 1.31 bits per heavy atom. The molecule has 2 aliphatic rings. The molecule has 188 valence electrons. The Morgan fingerprint density at radius 2 is 2.03 bits per heavy atom. The van der Waals surface area contributed by atoms with Crippen LogP contribution in [0.5, 0.6) is 0 Å². The first-order chi connectivity index (χ1) is 16.6. The number of hydrogen-bond acceptors (Lipinski definition) is 9. The highest BCUT2D eigenvalue weighted by molar-refractivity contribution is 7.09. The standard InChI is InChI=1S/C25H30N2O7S/c1-6-31-23(29)18(14-32-20-13-16(2)22(28)33-20)7-8-19-15-35-21(26-19)17-9-11-27(12-10-17)24(30)34-25(3,4)5/h13-15,17,20H,6,9-12H2,1-5H3/b18-14-. The highest BCUT2D eigenvalue weighted by Crippen LogP contribution is 2.30. The predicted molar refractivity (Wildman–Crippen MR) is 128 cm³/mol. The molecule has 1 aromatic heterocycles. The summed E-state index contributed by atoms with van der Waals surface area (Å²) in [6, 6.07) is 0. The van der Waals surface area contributed by atoms with Crippen LogP contribution < -0.4 is 0 Å². The molecule has 35 heavy (non-hydrogen) atoms. The average molecular weight is 503 g/mol. The van der Waals surface area contributed by atoms with Crippen molar-refractivity contribution in [3.8, 4) is 11.8 Å². The van der Waals surface area contributed by atoms with Gasteiger partial charge >= 0.3 is 18.0 Å². The fourth-order valence-corrected chi connectivity index (χ4v) is 4.27. The molecule has 1 unspecified atom stereocenters. The minimum absolute atomic E-state index is 0.0129. The number of aromatic nitrogens is 1. The van der Waals surface area contributed by atoms with Gasteiger partial charge in [-0.25, -0.2) is 19.4 Å². The van der Waals surface area contributed by atoms with Gasteiger partial charge in [-0.05, 0) is 59.3 Å². The topological polar surface area (TPSA) is 104 Å². The van der Waals surface area contributed by atoms with Gasteiger partial charge in [0.05, 0.1) is 11.6 Å². The van der Waals surface area contributed by atoms with Gasteiger partial charge in [-0.3, -0.25) is 0 Å². The van der Waals surface area contributed by atoms with E-state index in [0.717, 1.165) is 24.1 Å². The van der Waals surface area contributed by atoms with E-state index >= 15 is 0 Å². The third kappa shape index (κ3) is 7.59. The van der Waals surface area contributed by atoms with Crippen molar-refractivity contribution in [1.29, 1.82) is 0 Å². The zero-order valence-corrected chi connectivity index (χ0v) is 21.4. The van der Waals surface area contributed by atoms with E-state index in [1.807, 2.05) is 26.2 Å². The first-order valence-electron chi connectivity index (χ1n) is 11.4. The molecule has 3 rings (SSSR count). The second-order valence-electron chi connectivity index (χ2n) is 9.07. The fourth-order valence-electron chi connectivity index (χ4n) is 3.34. The second-order valence-corrected chi connectivity index (χ2v) is 9.96. The van der Waals surface area contributed by atoms with Gasteiger partial charge in [-0.2, -0.15) is 0 Å². The van der Waals surface area contributed by atoms with Crippen LogP contribution in [0.1, 0.15) is 64.1 Å². The fraction of sp³-hybridized carbons (Fsp3) is 0.520. The third-order valence-electron chi connectivity index (χ3n) is 5.09. The maximum atomic E-state index is 12.3. The smallest absolute Gasteiger partial charge is 0.410 e. The van der Waals surface area contributed by atoms with Gasteiger partial charge in [0.25, 0.3) is 6.29 Å². The number of carbonyl (C=O) groups is 3. The van der Waals surface area contributed by atoms with Crippen LogP contribution in [0, 0.1) is 11.8 Å². The number of piperidine rings is 1. The van der Waals surface area contributed by atoms with Crippen LogP contribution in [0.2, 0.25) is 0 Å². The lowest BCUT2D eigenvalue weighted by Gasteiger charge is -2.32. The monoisotopic (exact) mass is 502 g/mol. The summed E-state index contributed by atoms with van der Waals surface area (Å²) in [5.41, 5.74) is 0.425. The molecular weight excluding hydrogens is 472 g/mol. The molecule has 0 aromatic carbocycles. The van der Waals surface area contributed by atoms with Crippen molar-refractivity contribution in [2.45, 2.75) is 65.3 Å². The second kappa shape index (κ2) is 11.4. The number of rotatable bonds is 5. The molecule has 1 saturated heterocycles. The number of esters is 2. The summed E-state index contributed by atoms with van der Waals surface area (Å²) in [6.45, 7) is 10.2. The molecule has 9 nitrogen and oxygen atoms in total. The summed E-state index contributed by atoms with van der Waals surface area (Å²) in [5.74, 6) is 4.74. The molecule has 0 N–H and O–H groups in total. The molecule has 1 aromatic rings. The SMILES string of the molecule is CCOC(=O)/C(C#Cc1csc(C2CCN(C(=O)OC(C)(C)C)CC2)n1)=C\OC1C=C(C)C(=O)O1. The molecule has 1 atom stereocenters. The number of carbonyl (C=O) groups excluding carboxylic acids is 3. The number of amides is 1. The van der Waals surface area contributed by atoms with Crippen LogP contribution in [-0.4, -0.2) is 59.5 Å². The molecular formula is C25H30N2O7S. The van der Waals surface area contributed by atoms with Crippen LogP contribution in [0.15, 0.2) is 28.9 Å². The lowest BCUT2D eigenvalue weighted by atomic mass is 9.98. The summed E-state index contributed by atoms with van der Waals surface area (Å²) in [7, 11) is 0. The van der Waals surface area contributed by atoms with E-state index in [4.69, 9.17) is 18.9 Å². The maximum absolute atomic E-state index is 12.3. The van der Waals surface area contributed by atoms with Gasteiger partial charge in [0, 0.05) is 36.0 Å². The van der Waals surface area contributed by atoms with Crippen LogP contribution >= 0.6 is 11.3 Å². The van der Waals surface area contributed by atoms with E-state index in [1.54, 1.807) is 18.7 Å². The summed E-state index contributed by atoms with van der Waals surface area (Å²) in [4.78, 5) is 42.3. The summed E-state index contributed by atoms with van der Waals surface area (Å²) < 4.78 is 20.9. The summed E-state index contributed by atoms with van der Waals surface area (Å²) >= 11 is 1.50. The van der Waals surface area contributed by atoms with Gasteiger partial charge in [-0.1, -0.05) is 0 Å². The molecule has 0 bridgehead atoms. The zero-order chi connectivity index (χ0) is 25.6. The minimum atomic E-state index is -0.911. The van der Waals surface area contributed by atoms with Gasteiger partial charge in [0.2, 0.25) is 0 Å². The normalized spacial score (nSPS) is 18.8. The number of cyclic esters (lactones) is 1. The van der Waals surface area contributed by atoms with Crippen molar-refractivity contribution >= 4 is 29.4 Å². The van der Waals surface area contributed by atoms with Crippen molar-refractivity contribution < 1.29 is 33.3 Å². The van der Waals surface area contributed by atoms with Crippen molar-refractivity contribution in [3.05, 3.63) is 39.6 Å². The van der Waals surface area contributed by atoms with E-state index in [9.17, 15) is 14.4 Å². The lowest BCUT2D eigenvalue weighted by Crippen LogP contribution is -2.41. The van der Waals surface area contributed by atoms with Crippen molar-refractivity contribution in [3.63, 3.8) is 0 Å². The van der Waals surface area contributed by atoms with Gasteiger partial charge in [0.1, 0.15) is 23.1 Å². The van der Waals surface area contributed by atoms with Crippen molar-refractivity contribution in [1.82, 2.24) is 9.88 Å². The molecule has 3 heterocycles. The molecule has 0 radical (unpaired) electrons. The van der Waals surface area contributed by atoms with Crippen LogP contribution in [0.3, 0.4) is 0 Å². The molecule has 1 amide bonds. The van der Waals surface area contributed by atoms with E-state index in [-0.39, 0.29) is 24.2 Å². The highest BCUT2D eigenvalue weighted by atomic mass is 32.1. The Bertz CT molecular complexity index is 1080. The Labute approximate surface area is 209 Å². The van der Waals surface area contributed by atoms with Crippen molar-refractivity contribution in [2.75, 3.05) is 19.7 Å². The van der Waals surface area contributed by atoms with Crippen molar-refractivity contribution in [2.24, 2.45) is 0 Å². The lowest BCUT2D eigenvalue weighted by molar-refractivity contribution is -0.152. The molecule has 0 aliphatic carbocycles. The van der Waals surface area contributed by atoms with Crippen LogP contribution in [-0.2, 0) is 28.5 Å². The molecule has 1 fully saturated rings. The van der Waals surface area contributed by atoms with E-state index in [1.165, 1.54) is 17.4 Å². The van der Waals surface area contributed by atoms with Gasteiger partial charge in [0.15, 0.2) is 0 Å². The Hall–Kier alpha value is -3.32. The number of hydrogen-bond donors (Lipinski definition) is 0. The molecule has 10 heteroatoms. The first kappa shape index (κ1) is 26.3. The third-order valence-corrected chi connectivity index (χ3v) is 6.10. The van der Waals surface area contributed by atoms with E-state index < -0.39 is 23.8 Å². The first-order valence-corrected chi connectivity index (χ1v) is 12.3. The number of nitrogens with zero attached hydrogens (tertiary/aromatic N) is 2. The highest BCUT2D eigenvalue weighted by Gasteiger charge is 2.28. The summed E-state index contributed by atoms with van der Waals surface area (Å²) in [5, 5.41) is 2.77. The maximum Gasteiger partial charge on any atom is 0.410 e. The molecule has 0 spiro atoms.